The number of hydrogen-bond acceptors (Lipinski definition) is 6. The van der Waals surface area contributed by atoms with E-state index < -0.39 is 0 Å². The molecule has 0 aromatic carbocycles. The van der Waals surface area contributed by atoms with Crippen LogP contribution in [0.5, 0.6) is 0 Å². The van der Waals surface area contributed by atoms with Gasteiger partial charge in [-0.05, 0) is 13.3 Å². The molecule has 1 saturated heterocycles. The van der Waals surface area contributed by atoms with E-state index in [1.54, 1.807) is 4.52 Å². The van der Waals surface area contributed by atoms with E-state index in [4.69, 9.17) is 5.73 Å². The van der Waals surface area contributed by atoms with E-state index in [-0.39, 0.29) is 36.8 Å². The highest BCUT2D eigenvalue weighted by atomic mass is 35.5. The smallest absolute Gasteiger partial charge is 0.254 e. The first-order valence-corrected chi connectivity index (χ1v) is 8.07. The zero-order valence-electron chi connectivity index (χ0n) is 14.5. The third-order valence-corrected chi connectivity index (χ3v) is 4.19. The molecule has 1 atom stereocenters. The van der Waals surface area contributed by atoms with E-state index in [1.165, 1.54) is 6.33 Å². The molecule has 1 fully saturated rings. The summed E-state index contributed by atoms with van der Waals surface area (Å²) in [6.07, 6.45) is 3.17. The van der Waals surface area contributed by atoms with Crippen LogP contribution < -0.4 is 10.6 Å². The number of carbonyl (C=O) groups excluding carboxylic acids is 1. The summed E-state index contributed by atoms with van der Waals surface area (Å²) in [5.74, 6) is 1.63. The third-order valence-electron chi connectivity index (χ3n) is 4.19. The van der Waals surface area contributed by atoms with Gasteiger partial charge in [0.2, 0.25) is 5.91 Å². The van der Waals surface area contributed by atoms with Crippen molar-refractivity contribution in [2.75, 3.05) is 31.1 Å². The van der Waals surface area contributed by atoms with Gasteiger partial charge in [-0.25, -0.2) is 4.98 Å². The molecule has 1 amide bonds. The fourth-order valence-corrected chi connectivity index (χ4v) is 2.96. The van der Waals surface area contributed by atoms with Crippen molar-refractivity contribution >= 4 is 42.3 Å². The molecule has 2 aromatic heterocycles. The average molecular weight is 390 g/mol. The van der Waals surface area contributed by atoms with Gasteiger partial charge >= 0.3 is 0 Å². The highest BCUT2D eigenvalue weighted by molar-refractivity contribution is 5.85. The van der Waals surface area contributed by atoms with Crippen LogP contribution in [0, 0.1) is 6.92 Å². The molecule has 8 nitrogen and oxygen atoms in total. The summed E-state index contributed by atoms with van der Waals surface area (Å²) < 4.78 is 1.74. The Balaban J connectivity index is 0.00000156. The number of fused-ring (bicyclic) bond motifs is 1. The first-order valence-electron chi connectivity index (χ1n) is 8.07. The van der Waals surface area contributed by atoms with Crippen molar-refractivity contribution in [3.63, 3.8) is 0 Å². The SMILES string of the molecule is CCCC(N)C(=O)N1CCN(c2cc(C)nc3ncnn23)CC1.Cl.Cl. The lowest BCUT2D eigenvalue weighted by atomic mass is 10.1. The number of rotatable bonds is 4. The number of aryl methyl sites for hydroxylation is 1. The Morgan fingerprint density at radius 1 is 1.28 bits per heavy atom. The summed E-state index contributed by atoms with van der Waals surface area (Å²) in [6.45, 7) is 6.84. The van der Waals surface area contributed by atoms with Gasteiger partial charge in [-0.2, -0.15) is 14.6 Å². The molecule has 1 aliphatic rings. The number of aromatic nitrogens is 4. The zero-order valence-corrected chi connectivity index (χ0v) is 16.1. The lowest BCUT2D eigenvalue weighted by Gasteiger charge is -2.37. The van der Waals surface area contributed by atoms with Crippen molar-refractivity contribution in [1.82, 2.24) is 24.5 Å². The van der Waals surface area contributed by atoms with Crippen molar-refractivity contribution in [3.05, 3.63) is 18.1 Å². The standard InChI is InChI=1S/C15H23N7O.2ClH/c1-3-4-12(16)14(23)21-7-5-20(6-8-21)13-9-11(2)19-15-17-10-18-22(13)15;;/h9-10,12H,3-8,16H2,1-2H3;2*1H. The Labute approximate surface area is 159 Å². The van der Waals surface area contributed by atoms with E-state index in [9.17, 15) is 4.79 Å². The fraction of sp³-hybridized carbons (Fsp3) is 0.600. The van der Waals surface area contributed by atoms with E-state index in [1.807, 2.05) is 24.8 Å². The molecule has 1 unspecified atom stereocenters. The highest BCUT2D eigenvalue weighted by Crippen LogP contribution is 2.18. The average Bonchev–Trinajstić information content (AvgIpc) is 3.02. The summed E-state index contributed by atoms with van der Waals surface area (Å²) >= 11 is 0. The van der Waals surface area contributed by atoms with Crippen LogP contribution in [0.2, 0.25) is 0 Å². The van der Waals surface area contributed by atoms with Crippen LogP contribution in [0.15, 0.2) is 12.4 Å². The fourth-order valence-electron chi connectivity index (χ4n) is 2.96. The monoisotopic (exact) mass is 389 g/mol. The number of nitrogens with zero attached hydrogens (tertiary/aromatic N) is 6. The lowest BCUT2D eigenvalue weighted by Crippen LogP contribution is -2.53. The molecule has 0 radical (unpaired) electrons. The number of carbonyl (C=O) groups is 1. The van der Waals surface area contributed by atoms with Crippen molar-refractivity contribution in [3.8, 4) is 0 Å². The maximum atomic E-state index is 12.3. The molecule has 3 rings (SSSR count). The van der Waals surface area contributed by atoms with Crippen molar-refractivity contribution in [2.24, 2.45) is 5.73 Å². The Morgan fingerprint density at radius 2 is 1.96 bits per heavy atom. The van der Waals surface area contributed by atoms with Gasteiger partial charge in [0.25, 0.3) is 5.78 Å². The highest BCUT2D eigenvalue weighted by Gasteiger charge is 2.26. The summed E-state index contributed by atoms with van der Waals surface area (Å²) in [6, 6.07) is 1.62. The predicted octanol–water partition coefficient (Wildman–Crippen LogP) is 1.05. The predicted molar refractivity (Wildman–Crippen MR) is 102 cm³/mol. The second-order valence-electron chi connectivity index (χ2n) is 5.94. The van der Waals surface area contributed by atoms with E-state index in [2.05, 4.69) is 20.0 Å². The molecule has 25 heavy (non-hydrogen) atoms. The van der Waals surface area contributed by atoms with Crippen molar-refractivity contribution in [2.45, 2.75) is 32.7 Å². The lowest BCUT2D eigenvalue weighted by molar-refractivity contribution is -0.133. The molecular weight excluding hydrogens is 365 g/mol. The Bertz CT molecular complexity index is 700. The maximum Gasteiger partial charge on any atom is 0.254 e. The number of nitrogens with two attached hydrogens (primary N) is 1. The quantitative estimate of drug-likeness (QED) is 0.839. The van der Waals surface area contributed by atoms with Crippen LogP contribution in [0.4, 0.5) is 5.82 Å². The minimum atomic E-state index is -0.378. The molecular formula is C15H25Cl2N7O. The maximum absolute atomic E-state index is 12.3. The van der Waals surface area contributed by atoms with Crippen LogP contribution in [0.3, 0.4) is 0 Å². The first-order chi connectivity index (χ1) is 11.1. The molecule has 0 aliphatic carbocycles. The third kappa shape index (κ3) is 4.50. The van der Waals surface area contributed by atoms with Crippen LogP contribution in [0.25, 0.3) is 5.78 Å². The van der Waals surface area contributed by atoms with Crippen molar-refractivity contribution in [1.29, 1.82) is 0 Å². The van der Waals surface area contributed by atoms with Crippen LogP contribution in [-0.2, 0) is 4.79 Å². The van der Waals surface area contributed by atoms with Gasteiger partial charge in [-0.15, -0.1) is 24.8 Å². The first kappa shape index (κ1) is 21.4. The van der Waals surface area contributed by atoms with E-state index >= 15 is 0 Å². The Kier molecular flexibility index (Phi) is 7.85. The molecule has 10 heteroatoms. The van der Waals surface area contributed by atoms with Gasteiger partial charge in [0.15, 0.2) is 0 Å². The van der Waals surface area contributed by atoms with Gasteiger partial charge in [-0.3, -0.25) is 4.79 Å². The summed E-state index contributed by atoms with van der Waals surface area (Å²) in [5.41, 5.74) is 6.86. The number of halogens is 2. The molecule has 140 valence electrons. The second-order valence-corrected chi connectivity index (χ2v) is 5.94. The minimum absolute atomic E-state index is 0. The second kappa shape index (κ2) is 9.17. The number of anilines is 1. The molecule has 0 bridgehead atoms. The van der Waals surface area contributed by atoms with Crippen LogP contribution in [0.1, 0.15) is 25.5 Å². The summed E-state index contributed by atoms with van der Waals surface area (Å²) in [4.78, 5) is 24.9. The molecule has 0 saturated carbocycles. The van der Waals surface area contributed by atoms with Gasteiger partial charge < -0.3 is 15.5 Å². The molecule has 1 aliphatic heterocycles. The van der Waals surface area contributed by atoms with Gasteiger partial charge in [-0.1, -0.05) is 13.3 Å². The van der Waals surface area contributed by atoms with E-state index in [0.29, 0.717) is 18.9 Å². The molecule has 3 heterocycles. The van der Waals surface area contributed by atoms with Gasteiger partial charge in [0.1, 0.15) is 12.1 Å². The van der Waals surface area contributed by atoms with Crippen LogP contribution in [-0.4, -0.2) is 62.6 Å². The van der Waals surface area contributed by atoms with E-state index in [0.717, 1.165) is 37.4 Å². The van der Waals surface area contributed by atoms with Gasteiger partial charge in [0, 0.05) is 37.9 Å². The number of amides is 1. The summed E-state index contributed by atoms with van der Waals surface area (Å²) in [5, 5.41) is 4.24. The minimum Gasteiger partial charge on any atom is -0.353 e. The molecule has 0 spiro atoms. The largest absolute Gasteiger partial charge is 0.353 e. The van der Waals surface area contributed by atoms with Crippen molar-refractivity contribution < 1.29 is 4.79 Å². The number of piperazine rings is 1. The van der Waals surface area contributed by atoms with Crippen LogP contribution >= 0.6 is 24.8 Å². The van der Waals surface area contributed by atoms with Gasteiger partial charge in [0.05, 0.1) is 6.04 Å². The molecule has 2 N–H and O–H groups in total. The topological polar surface area (TPSA) is 92.7 Å². The zero-order chi connectivity index (χ0) is 16.4. The number of hydrogen-bond donors (Lipinski definition) is 1. The molecule has 2 aromatic rings. The normalized spacial score (nSPS) is 15.5. The Morgan fingerprint density at radius 3 is 2.60 bits per heavy atom. The Hall–Kier alpha value is -1.64. The summed E-state index contributed by atoms with van der Waals surface area (Å²) in [7, 11) is 0.